The largest absolute Gasteiger partial charge is 0.382 e. The van der Waals surface area contributed by atoms with Crippen molar-refractivity contribution in [3.63, 3.8) is 0 Å². The maximum Gasteiger partial charge on any atom is 0.265 e. The fourth-order valence-corrected chi connectivity index (χ4v) is 2.92. The van der Waals surface area contributed by atoms with Crippen molar-refractivity contribution in [3.05, 3.63) is 4.88 Å². The van der Waals surface area contributed by atoms with Gasteiger partial charge in [0.25, 0.3) is 5.91 Å². The Bertz CT molecular complexity index is 447. The number of carbonyl (C=O) groups excluding carboxylic acids is 1. The SMILES string of the molecule is CCCNc1nc(N)c(C(=O)NC2CCN(C)C2)s1. The first-order valence-corrected chi connectivity index (χ1v) is 7.41. The Morgan fingerprint density at radius 1 is 1.63 bits per heavy atom. The zero-order chi connectivity index (χ0) is 13.8. The van der Waals surface area contributed by atoms with E-state index >= 15 is 0 Å². The monoisotopic (exact) mass is 283 g/mol. The normalized spacial score (nSPS) is 19.6. The van der Waals surface area contributed by atoms with E-state index in [1.165, 1.54) is 11.3 Å². The van der Waals surface area contributed by atoms with Crippen molar-refractivity contribution in [3.8, 4) is 0 Å². The fraction of sp³-hybridized carbons (Fsp3) is 0.667. The van der Waals surface area contributed by atoms with Gasteiger partial charge < -0.3 is 21.3 Å². The summed E-state index contributed by atoms with van der Waals surface area (Å²) in [7, 11) is 2.06. The topological polar surface area (TPSA) is 83.3 Å². The summed E-state index contributed by atoms with van der Waals surface area (Å²) < 4.78 is 0. The highest BCUT2D eigenvalue weighted by Gasteiger charge is 2.24. The Morgan fingerprint density at radius 3 is 3.05 bits per heavy atom. The predicted molar refractivity (Wildman–Crippen MR) is 78.7 cm³/mol. The lowest BCUT2D eigenvalue weighted by Crippen LogP contribution is -2.36. The molecule has 1 unspecified atom stereocenters. The first kappa shape index (κ1) is 14.1. The molecule has 2 heterocycles. The molecule has 19 heavy (non-hydrogen) atoms. The molecular weight excluding hydrogens is 262 g/mol. The van der Waals surface area contributed by atoms with E-state index in [2.05, 4.69) is 34.5 Å². The number of likely N-dealkylation sites (N-methyl/N-ethyl adjacent to an activating group) is 1. The molecule has 1 fully saturated rings. The van der Waals surface area contributed by atoms with E-state index in [1.54, 1.807) is 0 Å². The smallest absolute Gasteiger partial charge is 0.265 e. The second kappa shape index (κ2) is 6.21. The quantitative estimate of drug-likeness (QED) is 0.750. The second-order valence-electron chi connectivity index (χ2n) is 4.88. The van der Waals surface area contributed by atoms with Gasteiger partial charge in [0.1, 0.15) is 10.7 Å². The molecule has 0 spiro atoms. The van der Waals surface area contributed by atoms with Gasteiger partial charge in [0.2, 0.25) is 0 Å². The van der Waals surface area contributed by atoms with Crippen LogP contribution in [0.3, 0.4) is 0 Å². The van der Waals surface area contributed by atoms with Gasteiger partial charge in [-0.25, -0.2) is 4.98 Å². The van der Waals surface area contributed by atoms with Crippen LogP contribution in [0.2, 0.25) is 0 Å². The van der Waals surface area contributed by atoms with Crippen molar-refractivity contribution in [2.45, 2.75) is 25.8 Å². The van der Waals surface area contributed by atoms with Crippen LogP contribution in [-0.2, 0) is 0 Å². The van der Waals surface area contributed by atoms with E-state index in [-0.39, 0.29) is 11.9 Å². The van der Waals surface area contributed by atoms with Gasteiger partial charge in [0.15, 0.2) is 5.13 Å². The Labute approximate surface area is 117 Å². The van der Waals surface area contributed by atoms with Gasteiger partial charge in [-0.1, -0.05) is 18.3 Å². The highest BCUT2D eigenvalue weighted by atomic mass is 32.1. The number of hydrogen-bond acceptors (Lipinski definition) is 6. The number of nitrogen functional groups attached to an aromatic ring is 1. The van der Waals surface area contributed by atoms with Crippen molar-refractivity contribution in [1.29, 1.82) is 0 Å². The minimum atomic E-state index is -0.111. The first-order valence-electron chi connectivity index (χ1n) is 6.59. The molecule has 2 rings (SSSR count). The maximum atomic E-state index is 12.1. The highest BCUT2D eigenvalue weighted by Crippen LogP contribution is 2.25. The van der Waals surface area contributed by atoms with Crippen molar-refractivity contribution in [2.75, 3.05) is 37.7 Å². The molecular formula is C12H21N5OS. The predicted octanol–water partition coefficient (Wildman–Crippen LogP) is 0.981. The molecule has 7 heteroatoms. The van der Waals surface area contributed by atoms with Crippen LogP contribution < -0.4 is 16.4 Å². The van der Waals surface area contributed by atoms with Gasteiger partial charge in [0, 0.05) is 19.1 Å². The molecule has 4 N–H and O–H groups in total. The molecule has 0 aromatic carbocycles. The zero-order valence-electron chi connectivity index (χ0n) is 11.4. The fourth-order valence-electron chi connectivity index (χ4n) is 2.11. The van der Waals surface area contributed by atoms with Gasteiger partial charge in [-0.2, -0.15) is 0 Å². The van der Waals surface area contributed by atoms with Crippen LogP contribution in [0.15, 0.2) is 0 Å². The minimum Gasteiger partial charge on any atom is -0.382 e. The number of aromatic nitrogens is 1. The molecule has 1 amide bonds. The number of amides is 1. The first-order chi connectivity index (χ1) is 9.10. The van der Waals surface area contributed by atoms with Gasteiger partial charge in [-0.05, 0) is 26.4 Å². The molecule has 0 aliphatic carbocycles. The average molecular weight is 283 g/mol. The van der Waals surface area contributed by atoms with Crippen LogP contribution in [0.5, 0.6) is 0 Å². The molecule has 0 bridgehead atoms. The third kappa shape index (κ3) is 3.57. The molecule has 1 aromatic heterocycles. The molecule has 106 valence electrons. The molecule has 0 radical (unpaired) electrons. The molecule has 1 aliphatic heterocycles. The lowest BCUT2D eigenvalue weighted by atomic mass is 10.2. The van der Waals surface area contributed by atoms with E-state index < -0.39 is 0 Å². The summed E-state index contributed by atoms with van der Waals surface area (Å²) in [5.41, 5.74) is 5.80. The van der Waals surface area contributed by atoms with E-state index in [4.69, 9.17) is 5.73 Å². The van der Waals surface area contributed by atoms with Crippen LogP contribution in [-0.4, -0.2) is 48.5 Å². The summed E-state index contributed by atoms with van der Waals surface area (Å²) >= 11 is 1.32. The van der Waals surface area contributed by atoms with Crippen molar-refractivity contribution >= 4 is 28.2 Å². The Morgan fingerprint density at radius 2 is 2.42 bits per heavy atom. The highest BCUT2D eigenvalue weighted by molar-refractivity contribution is 7.18. The van der Waals surface area contributed by atoms with Crippen molar-refractivity contribution in [1.82, 2.24) is 15.2 Å². The molecule has 6 nitrogen and oxygen atoms in total. The maximum absolute atomic E-state index is 12.1. The number of nitrogens with one attached hydrogen (secondary N) is 2. The Balaban J connectivity index is 1.96. The Hall–Kier alpha value is -1.34. The van der Waals surface area contributed by atoms with E-state index in [1.807, 2.05) is 0 Å². The number of thiazole rings is 1. The lowest BCUT2D eigenvalue weighted by Gasteiger charge is -2.11. The van der Waals surface area contributed by atoms with Crippen molar-refractivity contribution < 1.29 is 4.79 Å². The van der Waals surface area contributed by atoms with Gasteiger partial charge in [-0.15, -0.1) is 0 Å². The summed E-state index contributed by atoms with van der Waals surface area (Å²) in [6.45, 7) is 4.83. The summed E-state index contributed by atoms with van der Waals surface area (Å²) in [5.74, 6) is 0.201. The second-order valence-corrected chi connectivity index (χ2v) is 5.88. The molecule has 1 aromatic rings. The summed E-state index contributed by atoms with van der Waals surface area (Å²) in [6, 6.07) is 0.214. The Kier molecular flexibility index (Phi) is 4.60. The van der Waals surface area contributed by atoms with Gasteiger partial charge in [0.05, 0.1) is 0 Å². The van der Waals surface area contributed by atoms with Crippen LogP contribution in [0.4, 0.5) is 10.9 Å². The van der Waals surface area contributed by atoms with Crippen LogP contribution in [0.1, 0.15) is 29.4 Å². The molecule has 1 saturated heterocycles. The third-order valence-corrected chi connectivity index (χ3v) is 4.14. The van der Waals surface area contributed by atoms with Gasteiger partial charge in [-0.3, -0.25) is 4.79 Å². The lowest BCUT2D eigenvalue weighted by molar-refractivity contribution is 0.0943. The summed E-state index contributed by atoms with van der Waals surface area (Å²) in [5, 5.41) is 6.88. The van der Waals surface area contributed by atoms with Crippen LogP contribution >= 0.6 is 11.3 Å². The standard InChI is InChI=1S/C12H21N5OS/c1-3-5-14-12-16-10(13)9(19-12)11(18)15-8-4-6-17(2)7-8/h8H,3-7,13H2,1-2H3,(H,14,16)(H,15,18). The zero-order valence-corrected chi connectivity index (χ0v) is 12.2. The van der Waals surface area contributed by atoms with Crippen LogP contribution in [0, 0.1) is 0 Å². The number of likely N-dealkylation sites (tertiary alicyclic amines) is 1. The van der Waals surface area contributed by atoms with E-state index in [9.17, 15) is 4.79 Å². The number of nitrogens with two attached hydrogens (primary N) is 1. The van der Waals surface area contributed by atoms with E-state index in [0.717, 1.165) is 32.5 Å². The number of nitrogens with zero attached hydrogens (tertiary/aromatic N) is 2. The molecule has 0 saturated carbocycles. The number of anilines is 2. The summed E-state index contributed by atoms with van der Waals surface area (Å²) in [4.78, 5) is 19.0. The van der Waals surface area contributed by atoms with Gasteiger partial charge >= 0.3 is 0 Å². The summed E-state index contributed by atoms with van der Waals surface area (Å²) in [6.07, 6.45) is 2.00. The third-order valence-electron chi connectivity index (χ3n) is 3.11. The molecule has 1 atom stereocenters. The number of hydrogen-bond donors (Lipinski definition) is 3. The average Bonchev–Trinajstić information content (AvgIpc) is 2.93. The van der Waals surface area contributed by atoms with E-state index in [0.29, 0.717) is 15.8 Å². The number of carbonyl (C=O) groups is 1. The van der Waals surface area contributed by atoms with Crippen molar-refractivity contribution in [2.24, 2.45) is 0 Å². The minimum absolute atomic E-state index is 0.111. The molecule has 1 aliphatic rings. The number of rotatable bonds is 5. The van der Waals surface area contributed by atoms with Crippen LogP contribution in [0.25, 0.3) is 0 Å².